The predicted molar refractivity (Wildman–Crippen MR) is 52.4 cm³/mol. The van der Waals surface area contributed by atoms with Crippen LogP contribution in [0.25, 0.3) is 0 Å². The molecule has 2 unspecified atom stereocenters. The van der Waals surface area contributed by atoms with Crippen molar-refractivity contribution in [1.29, 1.82) is 0 Å². The summed E-state index contributed by atoms with van der Waals surface area (Å²) in [5, 5.41) is 10.0. The van der Waals surface area contributed by atoms with E-state index in [1.165, 1.54) is 5.56 Å². The minimum absolute atomic E-state index is 0.249. The first-order valence-electron chi connectivity index (χ1n) is 4.74. The van der Waals surface area contributed by atoms with Crippen molar-refractivity contribution in [3.8, 4) is 0 Å². The summed E-state index contributed by atoms with van der Waals surface area (Å²) in [4.78, 5) is 0. The highest BCUT2D eigenvalue weighted by Gasteiger charge is 2.44. The molecule has 1 aliphatic carbocycles. The van der Waals surface area contributed by atoms with Crippen LogP contribution in [0.15, 0.2) is 30.3 Å². The van der Waals surface area contributed by atoms with Gasteiger partial charge in [0.1, 0.15) is 0 Å². The summed E-state index contributed by atoms with van der Waals surface area (Å²) >= 11 is 0. The van der Waals surface area contributed by atoms with Crippen molar-refractivity contribution in [3.63, 3.8) is 0 Å². The molecule has 0 bridgehead atoms. The fraction of sp³-hybridized carbons (Fsp3) is 0.455. The van der Waals surface area contributed by atoms with E-state index >= 15 is 0 Å². The van der Waals surface area contributed by atoms with Crippen LogP contribution in [-0.4, -0.2) is 17.3 Å². The van der Waals surface area contributed by atoms with Crippen molar-refractivity contribution in [2.24, 2.45) is 5.73 Å². The van der Waals surface area contributed by atoms with Crippen LogP contribution in [0.1, 0.15) is 24.3 Å². The third kappa shape index (κ3) is 1.36. The maximum atomic E-state index is 10.0. The summed E-state index contributed by atoms with van der Waals surface area (Å²) in [7, 11) is 0. The van der Waals surface area contributed by atoms with Crippen molar-refractivity contribution in [3.05, 3.63) is 35.9 Å². The Balaban J connectivity index is 2.20. The van der Waals surface area contributed by atoms with Crippen molar-refractivity contribution in [1.82, 2.24) is 0 Å². The molecule has 70 valence electrons. The normalized spacial score (nSPS) is 32.6. The third-order valence-corrected chi connectivity index (χ3v) is 3.07. The lowest BCUT2D eigenvalue weighted by Gasteiger charge is -2.45. The van der Waals surface area contributed by atoms with Crippen molar-refractivity contribution < 1.29 is 5.11 Å². The van der Waals surface area contributed by atoms with Crippen LogP contribution in [0.4, 0.5) is 0 Å². The molecule has 1 fully saturated rings. The molecule has 1 aliphatic rings. The van der Waals surface area contributed by atoms with Crippen LogP contribution in [0.3, 0.4) is 0 Å². The molecule has 1 saturated carbocycles. The molecule has 0 spiro atoms. The summed E-state index contributed by atoms with van der Waals surface area (Å²) < 4.78 is 0. The van der Waals surface area contributed by atoms with Gasteiger partial charge in [-0.1, -0.05) is 30.3 Å². The van der Waals surface area contributed by atoms with Crippen LogP contribution in [0, 0.1) is 0 Å². The first-order chi connectivity index (χ1) is 6.26. The van der Waals surface area contributed by atoms with Crippen LogP contribution in [0.5, 0.6) is 0 Å². The summed E-state index contributed by atoms with van der Waals surface area (Å²) in [5.41, 5.74) is 6.12. The molecule has 2 nitrogen and oxygen atoms in total. The Hall–Kier alpha value is -0.860. The predicted octanol–water partition coefficient (Wildman–Crippen LogP) is 1.25. The SMILES string of the molecule is NCC1(O)CCC1c1ccccc1. The molecule has 1 aromatic rings. The highest BCUT2D eigenvalue weighted by atomic mass is 16.3. The first-order valence-corrected chi connectivity index (χ1v) is 4.74. The molecule has 0 heterocycles. The van der Waals surface area contributed by atoms with Gasteiger partial charge in [0.15, 0.2) is 0 Å². The molecule has 0 aliphatic heterocycles. The standard InChI is InChI=1S/C11H15NO/c12-8-11(13)7-6-10(11)9-4-2-1-3-5-9/h1-5,10,13H,6-8,12H2. The molecule has 1 aromatic carbocycles. The molecule has 0 aromatic heterocycles. The molecular weight excluding hydrogens is 162 g/mol. The first kappa shape index (κ1) is 8.73. The van der Waals surface area contributed by atoms with Crippen molar-refractivity contribution in [2.75, 3.05) is 6.54 Å². The Morgan fingerprint density at radius 2 is 2.08 bits per heavy atom. The highest BCUT2D eigenvalue weighted by molar-refractivity contribution is 5.26. The third-order valence-electron chi connectivity index (χ3n) is 3.07. The van der Waals surface area contributed by atoms with Gasteiger partial charge in [-0.3, -0.25) is 0 Å². The van der Waals surface area contributed by atoms with Gasteiger partial charge in [-0.2, -0.15) is 0 Å². The van der Waals surface area contributed by atoms with Gasteiger partial charge < -0.3 is 10.8 Å². The fourth-order valence-electron chi connectivity index (χ4n) is 2.03. The molecule has 2 atom stereocenters. The average molecular weight is 177 g/mol. The molecule has 0 radical (unpaired) electrons. The fourth-order valence-corrected chi connectivity index (χ4v) is 2.03. The Kier molecular flexibility index (Phi) is 2.10. The van der Waals surface area contributed by atoms with Crippen LogP contribution < -0.4 is 5.73 Å². The van der Waals surface area contributed by atoms with E-state index in [2.05, 4.69) is 12.1 Å². The lowest BCUT2D eigenvalue weighted by Crippen LogP contribution is -2.51. The molecule has 2 heteroatoms. The van der Waals surface area contributed by atoms with Gasteiger partial charge in [0, 0.05) is 12.5 Å². The zero-order valence-electron chi connectivity index (χ0n) is 7.61. The topological polar surface area (TPSA) is 46.2 Å². The Bertz CT molecular complexity index is 281. The quantitative estimate of drug-likeness (QED) is 0.714. The smallest absolute Gasteiger partial charge is 0.0837 e. The minimum atomic E-state index is -0.638. The van der Waals surface area contributed by atoms with Crippen LogP contribution >= 0.6 is 0 Å². The number of benzene rings is 1. The molecule has 2 rings (SSSR count). The van der Waals surface area contributed by atoms with Gasteiger partial charge in [-0.05, 0) is 18.4 Å². The maximum Gasteiger partial charge on any atom is 0.0837 e. The Morgan fingerprint density at radius 1 is 1.38 bits per heavy atom. The second-order valence-corrected chi connectivity index (χ2v) is 3.81. The molecule has 0 amide bonds. The number of hydrogen-bond donors (Lipinski definition) is 2. The molecule has 13 heavy (non-hydrogen) atoms. The van der Waals surface area contributed by atoms with Gasteiger partial charge in [-0.15, -0.1) is 0 Å². The lowest BCUT2D eigenvalue weighted by molar-refractivity contribution is -0.0492. The summed E-state index contributed by atoms with van der Waals surface area (Å²) in [6.45, 7) is 0.368. The van der Waals surface area contributed by atoms with E-state index in [0.717, 1.165) is 12.8 Å². The summed E-state index contributed by atoms with van der Waals surface area (Å²) in [6.07, 6.45) is 1.89. The van der Waals surface area contributed by atoms with E-state index < -0.39 is 5.60 Å². The number of nitrogens with two attached hydrogens (primary N) is 1. The largest absolute Gasteiger partial charge is 0.388 e. The average Bonchev–Trinajstić information content (AvgIpc) is 2.17. The van der Waals surface area contributed by atoms with Gasteiger partial charge in [0.25, 0.3) is 0 Å². The van der Waals surface area contributed by atoms with E-state index in [1.807, 2.05) is 18.2 Å². The monoisotopic (exact) mass is 177 g/mol. The number of rotatable bonds is 2. The van der Waals surface area contributed by atoms with E-state index in [4.69, 9.17) is 5.73 Å². The molecule has 3 N–H and O–H groups in total. The van der Waals surface area contributed by atoms with Gasteiger partial charge in [0.2, 0.25) is 0 Å². The minimum Gasteiger partial charge on any atom is -0.388 e. The number of hydrogen-bond acceptors (Lipinski definition) is 2. The van der Waals surface area contributed by atoms with Gasteiger partial charge >= 0.3 is 0 Å². The Labute approximate surface area is 78.4 Å². The molecular formula is C11H15NO. The highest BCUT2D eigenvalue weighted by Crippen LogP contribution is 2.45. The van der Waals surface area contributed by atoms with Crippen LogP contribution in [0.2, 0.25) is 0 Å². The van der Waals surface area contributed by atoms with Gasteiger partial charge in [0.05, 0.1) is 5.60 Å². The van der Waals surface area contributed by atoms with Crippen molar-refractivity contribution in [2.45, 2.75) is 24.4 Å². The number of aliphatic hydroxyl groups is 1. The maximum absolute atomic E-state index is 10.0. The summed E-state index contributed by atoms with van der Waals surface area (Å²) in [6, 6.07) is 10.1. The zero-order chi connectivity index (χ0) is 9.31. The lowest BCUT2D eigenvalue weighted by atomic mass is 9.66. The van der Waals surface area contributed by atoms with E-state index in [-0.39, 0.29) is 5.92 Å². The van der Waals surface area contributed by atoms with E-state index in [0.29, 0.717) is 6.54 Å². The second-order valence-electron chi connectivity index (χ2n) is 3.81. The van der Waals surface area contributed by atoms with Crippen molar-refractivity contribution >= 4 is 0 Å². The van der Waals surface area contributed by atoms with Gasteiger partial charge in [-0.25, -0.2) is 0 Å². The zero-order valence-corrected chi connectivity index (χ0v) is 7.61. The van der Waals surface area contributed by atoms with E-state index in [1.54, 1.807) is 0 Å². The van der Waals surface area contributed by atoms with E-state index in [9.17, 15) is 5.11 Å². The van der Waals surface area contributed by atoms with Crippen LogP contribution in [-0.2, 0) is 0 Å². The Morgan fingerprint density at radius 3 is 2.54 bits per heavy atom. The molecule has 0 saturated heterocycles. The second kappa shape index (κ2) is 3.13. The summed E-state index contributed by atoms with van der Waals surface area (Å²) in [5.74, 6) is 0.249.